The van der Waals surface area contributed by atoms with Crippen molar-refractivity contribution in [3.8, 4) is 0 Å². The fraction of sp³-hybridized carbons (Fsp3) is 0.318. The van der Waals surface area contributed by atoms with E-state index >= 15 is 0 Å². The van der Waals surface area contributed by atoms with Gasteiger partial charge in [0.15, 0.2) is 0 Å². The average Bonchev–Trinajstić information content (AvgIpc) is 3.41. The topological polar surface area (TPSA) is 87.5 Å². The van der Waals surface area contributed by atoms with Crippen molar-refractivity contribution in [3.05, 3.63) is 72.2 Å². The van der Waals surface area contributed by atoms with Crippen LogP contribution in [0.3, 0.4) is 0 Å². The first-order valence-corrected chi connectivity index (χ1v) is 9.88. The van der Waals surface area contributed by atoms with Gasteiger partial charge in [0.25, 0.3) is 0 Å². The van der Waals surface area contributed by atoms with E-state index < -0.39 is 6.04 Å². The summed E-state index contributed by atoms with van der Waals surface area (Å²) in [7, 11) is 0. The number of amides is 2. The maximum absolute atomic E-state index is 12.6. The number of fused-ring (bicyclic) bond motifs is 1. The van der Waals surface area contributed by atoms with Gasteiger partial charge in [-0.3, -0.25) is 9.59 Å². The molecule has 0 bridgehead atoms. The van der Waals surface area contributed by atoms with Crippen molar-refractivity contribution in [3.63, 3.8) is 0 Å². The monoisotopic (exact) mass is 463 g/mol. The van der Waals surface area contributed by atoms with Crippen LogP contribution in [0.2, 0.25) is 0 Å². The molecule has 1 saturated heterocycles. The Morgan fingerprint density at radius 1 is 1.19 bits per heavy atom. The number of hydrogen-bond donors (Lipinski definition) is 3. The van der Waals surface area contributed by atoms with Crippen molar-refractivity contribution < 1.29 is 9.59 Å². The second kappa shape index (κ2) is 11.1. The van der Waals surface area contributed by atoms with Gasteiger partial charge < -0.3 is 20.4 Å². The third kappa shape index (κ3) is 5.97. The van der Waals surface area contributed by atoms with Crippen LogP contribution in [0, 0.1) is 0 Å². The van der Waals surface area contributed by atoms with E-state index in [0.717, 1.165) is 24.2 Å². The molecule has 1 fully saturated rings. The van der Waals surface area contributed by atoms with Crippen LogP contribution in [0.1, 0.15) is 30.4 Å². The van der Waals surface area contributed by atoms with Crippen LogP contribution >= 0.6 is 24.8 Å². The molecule has 4 rings (SSSR count). The van der Waals surface area contributed by atoms with Gasteiger partial charge in [-0.2, -0.15) is 0 Å². The number of carbonyl (C=O) groups excluding carboxylic acids is 2. The molecule has 3 aromatic rings. The van der Waals surface area contributed by atoms with Crippen molar-refractivity contribution in [2.24, 2.45) is 0 Å². The molecular formula is C22H27Cl2N5O2. The maximum atomic E-state index is 12.6. The van der Waals surface area contributed by atoms with Crippen molar-refractivity contribution in [2.75, 3.05) is 6.54 Å². The lowest BCUT2D eigenvalue weighted by Crippen LogP contribution is -2.49. The molecule has 1 aliphatic rings. The van der Waals surface area contributed by atoms with Gasteiger partial charge in [-0.05, 0) is 42.5 Å². The van der Waals surface area contributed by atoms with Gasteiger partial charge in [0.1, 0.15) is 11.7 Å². The van der Waals surface area contributed by atoms with Gasteiger partial charge in [0, 0.05) is 31.7 Å². The van der Waals surface area contributed by atoms with E-state index in [9.17, 15) is 9.59 Å². The van der Waals surface area contributed by atoms with Crippen LogP contribution in [-0.4, -0.2) is 39.8 Å². The number of imidazole rings is 1. The zero-order valence-electron chi connectivity index (χ0n) is 17.2. The van der Waals surface area contributed by atoms with E-state index in [4.69, 9.17) is 0 Å². The van der Waals surface area contributed by atoms with Crippen molar-refractivity contribution in [1.29, 1.82) is 0 Å². The van der Waals surface area contributed by atoms with Crippen molar-refractivity contribution in [1.82, 2.24) is 25.3 Å². The zero-order valence-corrected chi connectivity index (χ0v) is 18.8. The molecule has 7 nitrogen and oxygen atoms in total. The second-order valence-corrected chi connectivity index (χ2v) is 7.48. The van der Waals surface area contributed by atoms with Crippen LogP contribution in [0.5, 0.6) is 0 Å². The lowest BCUT2D eigenvalue weighted by molar-refractivity contribution is -0.129. The molecule has 9 heteroatoms. The molecule has 0 spiro atoms. The van der Waals surface area contributed by atoms with E-state index in [1.165, 1.54) is 5.56 Å². The highest BCUT2D eigenvalue weighted by Gasteiger charge is 2.31. The Hall–Kier alpha value is -2.61. The number of aromatic nitrogens is 2. The number of rotatable bonds is 6. The summed E-state index contributed by atoms with van der Waals surface area (Å²) in [5.41, 5.74) is 3.02. The summed E-state index contributed by atoms with van der Waals surface area (Å²) in [6.07, 6.45) is 6.24. The van der Waals surface area contributed by atoms with Gasteiger partial charge in [-0.1, -0.05) is 30.3 Å². The average molecular weight is 464 g/mol. The zero-order chi connectivity index (χ0) is 20.2. The lowest BCUT2D eigenvalue weighted by atomic mass is 9.96. The Morgan fingerprint density at radius 3 is 2.74 bits per heavy atom. The SMILES string of the molecule is C[C@H](NC(=O)[C@H]1C[C@H](c2ccccc2)CN1)C(=O)NCc1ccn2ccnc2c1.Cl.Cl. The summed E-state index contributed by atoms with van der Waals surface area (Å²) < 4.78 is 1.91. The van der Waals surface area contributed by atoms with E-state index in [1.54, 1.807) is 13.1 Å². The molecule has 0 aliphatic carbocycles. The standard InChI is InChI=1S/C22H25N5O2.2ClH/c1-15(21(28)25-13-16-7-9-27-10-8-23-20(27)11-16)26-22(29)19-12-18(14-24-19)17-5-3-2-4-6-17;;/h2-11,15,18-19,24H,12-14H2,1H3,(H,25,28)(H,26,29);2*1H/t15-,18-,19+;;/m0../s1. The van der Waals surface area contributed by atoms with Crippen molar-refractivity contribution >= 4 is 42.3 Å². The molecule has 0 unspecified atom stereocenters. The number of pyridine rings is 1. The van der Waals surface area contributed by atoms with E-state index in [2.05, 4.69) is 33.1 Å². The number of carbonyl (C=O) groups is 2. The van der Waals surface area contributed by atoms with Gasteiger partial charge in [0.05, 0.1) is 6.04 Å². The maximum Gasteiger partial charge on any atom is 0.242 e. The van der Waals surface area contributed by atoms with E-state index in [1.807, 2.05) is 47.1 Å². The smallest absolute Gasteiger partial charge is 0.242 e. The number of benzene rings is 1. The van der Waals surface area contributed by atoms with Gasteiger partial charge in [-0.15, -0.1) is 24.8 Å². The number of halogens is 2. The quantitative estimate of drug-likeness (QED) is 0.523. The first-order chi connectivity index (χ1) is 14.1. The molecule has 3 N–H and O–H groups in total. The summed E-state index contributed by atoms with van der Waals surface area (Å²) in [4.78, 5) is 29.2. The van der Waals surface area contributed by atoms with Gasteiger partial charge in [-0.25, -0.2) is 4.98 Å². The van der Waals surface area contributed by atoms with E-state index in [-0.39, 0.29) is 42.7 Å². The van der Waals surface area contributed by atoms with Crippen LogP contribution in [0.4, 0.5) is 0 Å². The molecular weight excluding hydrogens is 437 g/mol. The summed E-state index contributed by atoms with van der Waals surface area (Å²) in [6, 6.07) is 13.2. The first kappa shape index (κ1) is 24.7. The van der Waals surface area contributed by atoms with Gasteiger partial charge in [0.2, 0.25) is 11.8 Å². The Balaban J connectivity index is 0.00000171. The van der Waals surface area contributed by atoms with Crippen LogP contribution in [0.25, 0.3) is 5.65 Å². The molecule has 2 aromatic heterocycles. The Kier molecular flexibility index (Phi) is 8.86. The minimum atomic E-state index is -0.602. The van der Waals surface area contributed by atoms with E-state index in [0.29, 0.717) is 12.5 Å². The molecule has 0 radical (unpaired) electrons. The van der Waals surface area contributed by atoms with Crippen LogP contribution < -0.4 is 16.0 Å². The highest BCUT2D eigenvalue weighted by atomic mass is 35.5. The molecule has 1 aliphatic heterocycles. The molecule has 2 amide bonds. The summed E-state index contributed by atoms with van der Waals surface area (Å²) in [6.45, 7) is 2.85. The summed E-state index contributed by atoms with van der Waals surface area (Å²) >= 11 is 0. The largest absolute Gasteiger partial charge is 0.350 e. The number of nitrogens with zero attached hydrogens (tertiary/aromatic N) is 2. The predicted octanol–water partition coefficient (Wildman–Crippen LogP) is 2.44. The summed E-state index contributed by atoms with van der Waals surface area (Å²) in [5, 5.41) is 8.97. The number of nitrogens with one attached hydrogen (secondary N) is 3. The summed E-state index contributed by atoms with van der Waals surface area (Å²) in [5.74, 6) is -0.0299. The Morgan fingerprint density at radius 2 is 1.97 bits per heavy atom. The third-order valence-corrected chi connectivity index (χ3v) is 5.40. The Labute approximate surface area is 193 Å². The highest BCUT2D eigenvalue weighted by Crippen LogP contribution is 2.25. The molecule has 3 atom stereocenters. The van der Waals surface area contributed by atoms with Crippen LogP contribution in [0.15, 0.2) is 61.1 Å². The molecule has 166 valence electrons. The highest BCUT2D eigenvalue weighted by molar-refractivity contribution is 5.89. The normalized spacial score (nSPS) is 18.5. The first-order valence-electron chi connectivity index (χ1n) is 9.88. The minimum Gasteiger partial charge on any atom is -0.350 e. The Bertz CT molecular complexity index is 1010. The fourth-order valence-electron chi connectivity index (χ4n) is 3.70. The molecule has 0 saturated carbocycles. The molecule has 31 heavy (non-hydrogen) atoms. The fourth-order valence-corrected chi connectivity index (χ4v) is 3.70. The number of hydrogen-bond acceptors (Lipinski definition) is 4. The minimum absolute atomic E-state index is 0. The third-order valence-electron chi connectivity index (χ3n) is 5.40. The molecule has 1 aromatic carbocycles. The molecule has 3 heterocycles. The van der Waals surface area contributed by atoms with Crippen molar-refractivity contribution in [2.45, 2.75) is 37.9 Å². The second-order valence-electron chi connectivity index (χ2n) is 7.48. The predicted molar refractivity (Wildman–Crippen MR) is 125 cm³/mol. The van der Waals surface area contributed by atoms with Gasteiger partial charge >= 0.3 is 0 Å². The van der Waals surface area contributed by atoms with Crippen LogP contribution in [-0.2, 0) is 16.1 Å². The lowest BCUT2D eigenvalue weighted by Gasteiger charge is -2.17.